The molecule has 5 heteroatoms. The normalized spacial score (nSPS) is 10.5. The molecule has 0 aliphatic rings. The minimum Gasteiger partial charge on any atom is -0.310 e. The van der Waals surface area contributed by atoms with Gasteiger partial charge in [-0.05, 0) is 35.4 Å². The lowest BCUT2D eigenvalue weighted by Gasteiger charge is -2.25. The van der Waals surface area contributed by atoms with Crippen molar-refractivity contribution in [1.29, 1.82) is 5.26 Å². The van der Waals surface area contributed by atoms with E-state index >= 15 is 0 Å². The zero-order chi connectivity index (χ0) is 20.5. The summed E-state index contributed by atoms with van der Waals surface area (Å²) in [4.78, 5) is 14.5. The fourth-order valence-corrected chi connectivity index (χ4v) is 3.18. The maximum absolute atomic E-state index is 13.3. The van der Waals surface area contributed by atoms with Crippen LogP contribution < -0.4 is 10.2 Å². The summed E-state index contributed by atoms with van der Waals surface area (Å²) in [5.74, 6) is -0.545. The van der Waals surface area contributed by atoms with Crippen LogP contribution in [0.4, 0.5) is 10.1 Å². The summed E-state index contributed by atoms with van der Waals surface area (Å²) >= 11 is 0. The lowest BCUT2D eigenvalue weighted by molar-refractivity contribution is -0.117. The number of carbonyl (C=O) groups excluding carboxylic acids is 1. The van der Waals surface area contributed by atoms with Crippen molar-refractivity contribution in [2.45, 2.75) is 12.5 Å². The van der Waals surface area contributed by atoms with Gasteiger partial charge in [0.25, 0.3) is 0 Å². The number of benzene rings is 3. The molecule has 0 fully saturated rings. The van der Waals surface area contributed by atoms with Crippen LogP contribution >= 0.6 is 0 Å². The Hall–Kier alpha value is -3.49. The maximum Gasteiger partial charge on any atom is 0.240 e. The summed E-state index contributed by atoms with van der Waals surface area (Å²) in [5, 5.41) is 12.3. The van der Waals surface area contributed by atoms with Crippen LogP contribution in [0, 0.1) is 17.1 Å². The van der Waals surface area contributed by atoms with Crippen molar-refractivity contribution in [3.8, 4) is 6.07 Å². The molecule has 1 N–H and O–H groups in total. The Morgan fingerprint density at radius 2 is 1.48 bits per heavy atom. The SMILES string of the molecule is N#CCCN(C(=O)CNC(c1ccccc1)c1ccccc1)c1ccc(F)cc1. The van der Waals surface area contributed by atoms with Gasteiger partial charge in [0, 0.05) is 12.2 Å². The van der Waals surface area contributed by atoms with Crippen LogP contribution in [0.5, 0.6) is 0 Å². The second-order valence-corrected chi connectivity index (χ2v) is 6.57. The zero-order valence-corrected chi connectivity index (χ0v) is 16.0. The van der Waals surface area contributed by atoms with E-state index in [0.29, 0.717) is 5.69 Å². The Morgan fingerprint density at radius 3 is 2.00 bits per heavy atom. The average Bonchev–Trinajstić information content (AvgIpc) is 2.77. The molecule has 146 valence electrons. The Bertz CT molecular complexity index is 913. The summed E-state index contributed by atoms with van der Waals surface area (Å²) in [7, 11) is 0. The van der Waals surface area contributed by atoms with Gasteiger partial charge in [-0.15, -0.1) is 0 Å². The Morgan fingerprint density at radius 1 is 0.931 bits per heavy atom. The van der Waals surface area contributed by atoms with E-state index < -0.39 is 0 Å². The third kappa shape index (κ3) is 5.50. The van der Waals surface area contributed by atoms with Crippen molar-refractivity contribution in [3.63, 3.8) is 0 Å². The zero-order valence-electron chi connectivity index (χ0n) is 16.0. The molecule has 0 unspecified atom stereocenters. The summed E-state index contributed by atoms with van der Waals surface area (Å²) < 4.78 is 13.3. The van der Waals surface area contributed by atoms with Crippen LogP contribution in [0.15, 0.2) is 84.9 Å². The van der Waals surface area contributed by atoms with Crippen LogP contribution in [-0.2, 0) is 4.79 Å². The van der Waals surface area contributed by atoms with E-state index in [1.54, 1.807) is 12.1 Å². The number of anilines is 1. The molecule has 0 radical (unpaired) electrons. The lowest BCUT2D eigenvalue weighted by atomic mass is 9.99. The molecule has 3 rings (SSSR count). The van der Waals surface area contributed by atoms with Crippen LogP contribution in [0.2, 0.25) is 0 Å². The fourth-order valence-electron chi connectivity index (χ4n) is 3.18. The van der Waals surface area contributed by atoms with Crippen molar-refractivity contribution in [3.05, 3.63) is 102 Å². The van der Waals surface area contributed by atoms with Crippen molar-refractivity contribution in [2.24, 2.45) is 0 Å². The van der Waals surface area contributed by atoms with Gasteiger partial charge in [-0.1, -0.05) is 60.7 Å². The first kappa shape index (κ1) is 20.2. The van der Waals surface area contributed by atoms with Crippen LogP contribution in [-0.4, -0.2) is 19.0 Å². The van der Waals surface area contributed by atoms with Crippen molar-refractivity contribution >= 4 is 11.6 Å². The fraction of sp³-hybridized carbons (Fsp3) is 0.167. The molecule has 0 aromatic heterocycles. The minimum absolute atomic E-state index is 0.0806. The number of hydrogen-bond acceptors (Lipinski definition) is 3. The van der Waals surface area contributed by atoms with E-state index in [2.05, 4.69) is 11.4 Å². The van der Waals surface area contributed by atoms with Gasteiger partial charge in [0.2, 0.25) is 5.91 Å². The number of nitrogens with one attached hydrogen (secondary N) is 1. The van der Waals surface area contributed by atoms with E-state index in [4.69, 9.17) is 5.26 Å². The van der Waals surface area contributed by atoms with Crippen LogP contribution in [0.25, 0.3) is 0 Å². The highest BCUT2D eigenvalue weighted by atomic mass is 19.1. The van der Waals surface area contributed by atoms with Gasteiger partial charge in [-0.2, -0.15) is 5.26 Å². The molecular formula is C24H22FN3O. The topological polar surface area (TPSA) is 56.1 Å². The van der Waals surface area contributed by atoms with E-state index in [9.17, 15) is 9.18 Å². The molecule has 0 saturated heterocycles. The van der Waals surface area contributed by atoms with Gasteiger partial charge >= 0.3 is 0 Å². The number of nitriles is 1. The Kier molecular flexibility index (Phi) is 7.10. The number of halogens is 1. The molecule has 3 aromatic rings. The Balaban J connectivity index is 1.78. The number of hydrogen-bond donors (Lipinski definition) is 1. The van der Waals surface area contributed by atoms with Crippen LogP contribution in [0.1, 0.15) is 23.6 Å². The molecule has 0 bridgehead atoms. The van der Waals surface area contributed by atoms with Crippen molar-refractivity contribution in [1.82, 2.24) is 5.32 Å². The molecule has 0 atom stereocenters. The first-order chi connectivity index (χ1) is 14.2. The Labute approximate surface area is 170 Å². The summed E-state index contributed by atoms with van der Waals surface area (Å²) in [6, 6.07) is 27.5. The number of carbonyl (C=O) groups is 1. The lowest BCUT2D eigenvalue weighted by Crippen LogP contribution is -2.40. The number of rotatable bonds is 8. The third-order valence-corrected chi connectivity index (χ3v) is 4.61. The molecule has 1 amide bonds. The molecule has 0 spiro atoms. The molecule has 0 aliphatic heterocycles. The maximum atomic E-state index is 13.3. The minimum atomic E-state index is -0.368. The largest absolute Gasteiger partial charge is 0.310 e. The van der Waals surface area contributed by atoms with Crippen LogP contribution in [0.3, 0.4) is 0 Å². The first-order valence-corrected chi connectivity index (χ1v) is 9.45. The molecule has 0 heterocycles. The third-order valence-electron chi connectivity index (χ3n) is 4.61. The molecule has 0 saturated carbocycles. The van der Waals surface area contributed by atoms with Crippen molar-refractivity contribution in [2.75, 3.05) is 18.0 Å². The molecule has 4 nitrogen and oxygen atoms in total. The van der Waals surface area contributed by atoms with Gasteiger partial charge < -0.3 is 4.90 Å². The highest BCUT2D eigenvalue weighted by Crippen LogP contribution is 2.22. The van der Waals surface area contributed by atoms with Gasteiger partial charge in [-0.25, -0.2) is 4.39 Å². The predicted octanol–water partition coefficient (Wildman–Crippen LogP) is 4.45. The second-order valence-electron chi connectivity index (χ2n) is 6.57. The van der Waals surface area contributed by atoms with E-state index in [1.165, 1.54) is 17.0 Å². The van der Waals surface area contributed by atoms with Gasteiger partial charge in [-0.3, -0.25) is 10.1 Å². The standard InChI is InChI=1S/C24H22FN3O/c25-21-12-14-22(15-13-21)28(17-7-16-26)23(29)18-27-24(19-8-3-1-4-9-19)20-10-5-2-6-11-20/h1-6,8-15,24,27H,7,17-18H2. The van der Waals surface area contributed by atoms with Gasteiger partial charge in [0.1, 0.15) is 5.82 Å². The summed E-state index contributed by atoms with van der Waals surface area (Å²) in [6.45, 7) is 0.335. The monoisotopic (exact) mass is 387 g/mol. The van der Waals surface area contributed by atoms with E-state index in [1.807, 2.05) is 60.7 Å². The van der Waals surface area contributed by atoms with Gasteiger partial charge in [0.05, 0.1) is 25.1 Å². The van der Waals surface area contributed by atoms with Crippen molar-refractivity contribution < 1.29 is 9.18 Å². The second kappa shape index (κ2) is 10.2. The van der Waals surface area contributed by atoms with E-state index in [-0.39, 0.29) is 37.3 Å². The average molecular weight is 387 g/mol. The molecule has 29 heavy (non-hydrogen) atoms. The first-order valence-electron chi connectivity index (χ1n) is 9.45. The molecular weight excluding hydrogens is 365 g/mol. The highest BCUT2D eigenvalue weighted by molar-refractivity contribution is 5.94. The number of amides is 1. The highest BCUT2D eigenvalue weighted by Gasteiger charge is 2.19. The smallest absolute Gasteiger partial charge is 0.240 e. The summed E-state index contributed by atoms with van der Waals surface area (Å²) in [6.07, 6.45) is 0.198. The quantitative estimate of drug-likeness (QED) is 0.621. The summed E-state index contributed by atoms with van der Waals surface area (Å²) in [5.41, 5.74) is 2.68. The predicted molar refractivity (Wildman–Crippen MR) is 112 cm³/mol. The molecule has 0 aliphatic carbocycles. The van der Waals surface area contributed by atoms with Gasteiger partial charge in [0.15, 0.2) is 0 Å². The van der Waals surface area contributed by atoms with E-state index in [0.717, 1.165) is 11.1 Å². The molecule has 3 aromatic carbocycles. The number of nitrogens with zero attached hydrogens (tertiary/aromatic N) is 2.